The summed E-state index contributed by atoms with van der Waals surface area (Å²) in [6, 6.07) is 16.8. The lowest BCUT2D eigenvalue weighted by Gasteiger charge is -2.23. The van der Waals surface area contributed by atoms with Gasteiger partial charge in [-0.1, -0.05) is 56.3 Å². The van der Waals surface area contributed by atoms with E-state index in [-0.39, 0.29) is 17.9 Å². The molecule has 1 heterocycles. The van der Waals surface area contributed by atoms with E-state index in [1.165, 1.54) is 4.90 Å². The number of carbonyl (C=O) groups excluding carboxylic acids is 2. The van der Waals surface area contributed by atoms with Gasteiger partial charge in [0.2, 0.25) is 0 Å². The summed E-state index contributed by atoms with van der Waals surface area (Å²) in [7, 11) is 0. The smallest absolute Gasteiger partial charge is 0.319 e. The number of rotatable bonds is 7. The van der Waals surface area contributed by atoms with E-state index in [0.29, 0.717) is 31.1 Å². The van der Waals surface area contributed by atoms with Gasteiger partial charge in [-0.15, -0.1) is 0 Å². The van der Waals surface area contributed by atoms with E-state index >= 15 is 0 Å². The van der Waals surface area contributed by atoms with Crippen molar-refractivity contribution in [1.82, 2.24) is 10.2 Å². The van der Waals surface area contributed by atoms with Crippen molar-refractivity contribution in [1.29, 1.82) is 0 Å². The molecule has 0 saturated heterocycles. The van der Waals surface area contributed by atoms with Gasteiger partial charge in [0.25, 0.3) is 5.91 Å². The predicted molar refractivity (Wildman–Crippen MR) is 119 cm³/mol. The largest absolute Gasteiger partial charge is 0.369 e. The quantitative estimate of drug-likeness (QED) is 0.655. The first-order chi connectivity index (χ1) is 14.3. The average molecular weight is 408 g/mol. The zero-order valence-electron chi connectivity index (χ0n) is 17.7. The number of hydrogen-bond donors (Lipinski definition) is 3. The summed E-state index contributed by atoms with van der Waals surface area (Å²) in [5.41, 5.74) is 7.85. The summed E-state index contributed by atoms with van der Waals surface area (Å²) in [5.74, 6) is 0.524. The first-order valence-corrected chi connectivity index (χ1v) is 10.1. The van der Waals surface area contributed by atoms with Crippen LogP contribution in [0.15, 0.2) is 59.6 Å². The summed E-state index contributed by atoms with van der Waals surface area (Å²) >= 11 is 0. The van der Waals surface area contributed by atoms with E-state index in [9.17, 15) is 9.59 Å². The molecule has 0 fully saturated rings. The number of aliphatic imine (C=N–C) groups is 1. The first kappa shape index (κ1) is 21.4. The van der Waals surface area contributed by atoms with Crippen molar-refractivity contribution in [3.05, 3.63) is 65.7 Å². The molecular weight excluding hydrogens is 378 g/mol. The Morgan fingerprint density at radius 2 is 1.77 bits per heavy atom. The molecule has 1 atom stereocenters. The van der Waals surface area contributed by atoms with Crippen molar-refractivity contribution in [2.24, 2.45) is 16.6 Å². The first-order valence-electron chi connectivity index (χ1n) is 10.1. The second-order valence-corrected chi connectivity index (χ2v) is 8.22. The fraction of sp³-hybridized carbons (Fsp3) is 0.348. The van der Waals surface area contributed by atoms with Crippen LogP contribution in [0.5, 0.6) is 0 Å². The van der Waals surface area contributed by atoms with Crippen molar-refractivity contribution in [3.63, 3.8) is 0 Å². The van der Waals surface area contributed by atoms with Crippen LogP contribution >= 0.6 is 0 Å². The van der Waals surface area contributed by atoms with Crippen LogP contribution in [0.2, 0.25) is 0 Å². The van der Waals surface area contributed by atoms with E-state index in [0.717, 1.165) is 11.1 Å². The van der Waals surface area contributed by atoms with Gasteiger partial charge in [0.05, 0.1) is 6.54 Å². The highest BCUT2D eigenvalue weighted by Gasteiger charge is 2.43. The minimum absolute atomic E-state index is 0.0730. The molecule has 1 aliphatic rings. The number of carbonyl (C=O) groups is 2. The van der Waals surface area contributed by atoms with Gasteiger partial charge >= 0.3 is 6.03 Å². The Labute approximate surface area is 177 Å². The van der Waals surface area contributed by atoms with Gasteiger partial charge in [-0.3, -0.25) is 9.69 Å². The Morgan fingerprint density at radius 3 is 2.40 bits per heavy atom. The second-order valence-electron chi connectivity index (χ2n) is 8.22. The molecule has 3 amide bonds. The van der Waals surface area contributed by atoms with Crippen LogP contribution in [-0.4, -0.2) is 28.3 Å². The summed E-state index contributed by atoms with van der Waals surface area (Å²) < 4.78 is 0. The molecule has 1 aliphatic heterocycles. The maximum atomic E-state index is 12.8. The maximum absolute atomic E-state index is 12.8. The minimum Gasteiger partial charge on any atom is -0.369 e. The Balaban J connectivity index is 1.55. The third kappa shape index (κ3) is 5.17. The molecule has 158 valence electrons. The Bertz CT molecular complexity index is 924. The van der Waals surface area contributed by atoms with Crippen LogP contribution in [0.25, 0.3) is 0 Å². The van der Waals surface area contributed by atoms with Crippen LogP contribution in [-0.2, 0) is 17.9 Å². The molecule has 0 radical (unpaired) electrons. The van der Waals surface area contributed by atoms with Crippen LogP contribution in [0.3, 0.4) is 0 Å². The Kier molecular flexibility index (Phi) is 6.40. The number of hydrogen-bond acceptors (Lipinski definition) is 4. The highest BCUT2D eigenvalue weighted by atomic mass is 16.2. The molecule has 7 heteroatoms. The average Bonchev–Trinajstić information content (AvgIpc) is 2.90. The number of nitrogens with two attached hydrogens (primary N) is 1. The summed E-state index contributed by atoms with van der Waals surface area (Å²) in [4.78, 5) is 30.9. The predicted octanol–water partition coefficient (Wildman–Crippen LogP) is 3.47. The van der Waals surface area contributed by atoms with Gasteiger partial charge < -0.3 is 16.4 Å². The number of anilines is 1. The summed E-state index contributed by atoms with van der Waals surface area (Å²) in [6.07, 6.45) is 0.657. The van der Waals surface area contributed by atoms with Crippen LogP contribution < -0.4 is 16.4 Å². The monoisotopic (exact) mass is 407 g/mol. The SMILES string of the molecule is CC(C)CC1(C)N=C(N)N(Cc2ccc(NC(=O)NCc3ccccc3)cc2)C1=O. The normalized spacial score (nSPS) is 18.5. The lowest BCUT2D eigenvalue weighted by Crippen LogP contribution is -2.43. The van der Waals surface area contributed by atoms with Crippen LogP contribution in [0.4, 0.5) is 10.5 Å². The zero-order chi connectivity index (χ0) is 21.7. The van der Waals surface area contributed by atoms with Crippen LogP contribution in [0, 0.1) is 5.92 Å². The van der Waals surface area contributed by atoms with E-state index in [2.05, 4.69) is 29.5 Å². The highest BCUT2D eigenvalue weighted by Crippen LogP contribution is 2.29. The topological polar surface area (TPSA) is 99.8 Å². The van der Waals surface area contributed by atoms with E-state index in [1.807, 2.05) is 49.4 Å². The fourth-order valence-corrected chi connectivity index (χ4v) is 3.67. The van der Waals surface area contributed by atoms with Gasteiger partial charge in [0.15, 0.2) is 5.96 Å². The maximum Gasteiger partial charge on any atom is 0.319 e. The second kappa shape index (κ2) is 8.98. The van der Waals surface area contributed by atoms with Crippen molar-refractivity contribution >= 4 is 23.6 Å². The molecule has 7 nitrogen and oxygen atoms in total. The van der Waals surface area contributed by atoms with Crippen molar-refractivity contribution in [3.8, 4) is 0 Å². The molecule has 0 aromatic heterocycles. The third-order valence-electron chi connectivity index (χ3n) is 5.00. The molecule has 3 rings (SSSR count). The van der Waals surface area contributed by atoms with Crippen molar-refractivity contribution in [2.75, 3.05) is 5.32 Å². The molecule has 0 spiro atoms. The van der Waals surface area contributed by atoms with Gasteiger partial charge in [-0.2, -0.15) is 0 Å². The molecule has 0 bridgehead atoms. The minimum atomic E-state index is -0.795. The zero-order valence-corrected chi connectivity index (χ0v) is 17.7. The fourth-order valence-electron chi connectivity index (χ4n) is 3.67. The Hall–Kier alpha value is -3.35. The molecule has 30 heavy (non-hydrogen) atoms. The molecule has 0 aliphatic carbocycles. The third-order valence-corrected chi connectivity index (χ3v) is 5.00. The van der Waals surface area contributed by atoms with Gasteiger partial charge in [-0.25, -0.2) is 9.79 Å². The number of guanidine groups is 1. The van der Waals surface area contributed by atoms with Crippen molar-refractivity contribution < 1.29 is 9.59 Å². The number of benzene rings is 2. The lowest BCUT2D eigenvalue weighted by molar-refractivity contribution is -0.131. The summed E-state index contributed by atoms with van der Waals surface area (Å²) in [6.45, 7) is 6.77. The number of nitrogens with one attached hydrogen (secondary N) is 2. The molecular formula is C23H29N5O2. The van der Waals surface area contributed by atoms with E-state index < -0.39 is 5.54 Å². The van der Waals surface area contributed by atoms with E-state index in [4.69, 9.17) is 5.73 Å². The molecule has 0 saturated carbocycles. The van der Waals surface area contributed by atoms with Gasteiger partial charge in [0.1, 0.15) is 5.54 Å². The van der Waals surface area contributed by atoms with Crippen molar-refractivity contribution in [2.45, 2.75) is 45.8 Å². The molecule has 1 unspecified atom stereocenters. The Morgan fingerprint density at radius 1 is 1.10 bits per heavy atom. The van der Waals surface area contributed by atoms with Gasteiger partial charge in [0, 0.05) is 12.2 Å². The van der Waals surface area contributed by atoms with E-state index in [1.54, 1.807) is 12.1 Å². The number of nitrogens with zero attached hydrogens (tertiary/aromatic N) is 2. The lowest BCUT2D eigenvalue weighted by atomic mass is 9.91. The number of amides is 3. The standard InChI is InChI=1S/C23H29N5O2/c1-16(2)13-23(3)20(29)28(21(24)27-23)15-18-9-11-19(12-10-18)26-22(30)25-14-17-7-5-4-6-8-17/h4-12,16H,13-15H2,1-3H3,(H2,24,27)(H2,25,26,30). The summed E-state index contributed by atoms with van der Waals surface area (Å²) in [5, 5.41) is 5.63. The molecule has 2 aromatic rings. The number of urea groups is 1. The molecule has 2 aromatic carbocycles. The highest BCUT2D eigenvalue weighted by molar-refractivity contribution is 6.06. The van der Waals surface area contributed by atoms with Crippen LogP contribution in [0.1, 0.15) is 38.3 Å². The van der Waals surface area contributed by atoms with Gasteiger partial charge in [-0.05, 0) is 42.5 Å². The molecule has 4 N–H and O–H groups in total.